The van der Waals surface area contributed by atoms with Crippen molar-refractivity contribution in [2.24, 2.45) is 5.73 Å². The Morgan fingerprint density at radius 2 is 1.89 bits per heavy atom. The second-order valence-corrected chi connectivity index (χ2v) is 5.14. The van der Waals surface area contributed by atoms with Crippen LogP contribution in [0.2, 0.25) is 0 Å². The molecule has 3 nitrogen and oxygen atoms in total. The maximum Gasteiger partial charge on any atom is 0.248 e. The van der Waals surface area contributed by atoms with Gasteiger partial charge in [-0.05, 0) is 52.2 Å². The van der Waals surface area contributed by atoms with Crippen LogP contribution in [-0.2, 0) is 6.54 Å². The summed E-state index contributed by atoms with van der Waals surface area (Å²) >= 11 is 3.56. The topological polar surface area (TPSA) is 55.1 Å². The fraction of sp³-hybridized carbons (Fsp3) is 0.133. The number of halogens is 1. The summed E-state index contributed by atoms with van der Waals surface area (Å²) in [4.78, 5) is 11.0. The Morgan fingerprint density at radius 3 is 2.53 bits per heavy atom. The predicted octanol–water partition coefficient (Wildman–Crippen LogP) is 3.47. The molecule has 1 amide bonds. The molecule has 0 aliphatic heterocycles. The lowest BCUT2D eigenvalue weighted by Crippen LogP contribution is -2.10. The van der Waals surface area contributed by atoms with Crippen molar-refractivity contribution >= 4 is 27.5 Å². The van der Waals surface area contributed by atoms with Crippen LogP contribution in [-0.4, -0.2) is 5.91 Å². The van der Waals surface area contributed by atoms with Crippen molar-refractivity contribution in [2.45, 2.75) is 13.5 Å². The van der Waals surface area contributed by atoms with Gasteiger partial charge in [0.1, 0.15) is 0 Å². The van der Waals surface area contributed by atoms with Gasteiger partial charge in [0.25, 0.3) is 0 Å². The molecule has 0 radical (unpaired) electrons. The summed E-state index contributed by atoms with van der Waals surface area (Å²) in [6, 6.07) is 13.4. The first kappa shape index (κ1) is 13.6. The van der Waals surface area contributed by atoms with E-state index < -0.39 is 5.91 Å². The standard InChI is InChI=1S/C15H15BrN2O/c1-10-3-2-4-13(14(10)16)18-9-11-5-7-12(8-6-11)15(17)19/h2-8,18H,9H2,1H3,(H2,17,19). The van der Waals surface area contributed by atoms with Crippen molar-refractivity contribution in [3.05, 3.63) is 63.6 Å². The molecule has 0 bridgehead atoms. The van der Waals surface area contributed by atoms with Crippen molar-refractivity contribution in [3.63, 3.8) is 0 Å². The van der Waals surface area contributed by atoms with Crippen LogP contribution in [0.5, 0.6) is 0 Å². The Balaban J connectivity index is 2.06. The normalized spacial score (nSPS) is 10.2. The Morgan fingerprint density at radius 1 is 1.21 bits per heavy atom. The molecule has 0 aromatic heterocycles. The minimum Gasteiger partial charge on any atom is -0.380 e. The van der Waals surface area contributed by atoms with E-state index in [1.165, 1.54) is 5.56 Å². The van der Waals surface area contributed by atoms with E-state index in [2.05, 4.69) is 34.2 Å². The number of nitrogens with one attached hydrogen (secondary N) is 1. The number of carbonyl (C=O) groups is 1. The number of aryl methyl sites for hydroxylation is 1. The van der Waals surface area contributed by atoms with E-state index >= 15 is 0 Å². The predicted molar refractivity (Wildman–Crippen MR) is 81.2 cm³/mol. The summed E-state index contributed by atoms with van der Waals surface area (Å²) in [6.07, 6.45) is 0. The van der Waals surface area contributed by atoms with E-state index in [0.717, 1.165) is 15.7 Å². The van der Waals surface area contributed by atoms with Gasteiger partial charge in [0.2, 0.25) is 5.91 Å². The van der Waals surface area contributed by atoms with E-state index in [0.29, 0.717) is 12.1 Å². The first-order chi connectivity index (χ1) is 9.08. The third-order valence-corrected chi connectivity index (χ3v) is 3.97. The van der Waals surface area contributed by atoms with Crippen LogP contribution in [0.3, 0.4) is 0 Å². The van der Waals surface area contributed by atoms with Crippen LogP contribution in [0, 0.1) is 6.92 Å². The first-order valence-corrected chi connectivity index (χ1v) is 6.75. The molecular weight excluding hydrogens is 304 g/mol. The number of nitrogens with two attached hydrogens (primary N) is 1. The molecule has 2 rings (SSSR count). The van der Waals surface area contributed by atoms with Crippen molar-refractivity contribution < 1.29 is 4.79 Å². The zero-order chi connectivity index (χ0) is 13.8. The van der Waals surface area contributed by atoms with Gasteiger partial charge in [-0.25, -0.2) is 0 Å². The van der Waals surface area contributed by atoms with E-state index in [-0.39, 0.29) is 0 Å². The van der Waals surface area contributed by atoms with Crippen LogP contribution >= 0.6 is 15.9 Å². The van der Waals surface area contributed by atoms with E-state index in [9.17, 15) is 4.79 Å². The average Bonchev–Trinajstić information content (AvgIpc) is 2.41. The van der Waals surface area contributed by atoms with Gasteiger partial charge in [-0.15, -0.1) is 0 Å². The molecule has 0 saturated carbocycles. The molecule has 19 heavy (non-hydrogen) atoms. The van der Waals surface area contributed by atoms with Gasteiger partial charge in [-0.1, -0.05) is 24.3 Å². The molecule has 0 saturated heterocycles. The summed E-state index contributed by atoms with van der Waals surface area (Å²) in [6.45, 7) is 2.75. The monoisotopic (exact) mass is 318 g/mol. The molecule has 98 valence electrons. The minimum atomic E-state index is -0.402. The summed E-state index contributed by atoms with van der Waals surface area (Å²) in [5.74, 6) is -0.402. The Bertz CT molecular complexity index is 594. The third kappa shape index (κ3) is 3.35. The number of rotatable bonds is 4. The van der Waals surface area contributed by atoms with E-state index in [1.54, 1.807) is 12.1 Å². The molecule has 2 aromatic rings. The zero-order valence-corrected chi connectivity index (χ0v) is 12.2. The minimum absolute atomic E-state index is 0.402. The Kier molecular flexibility index (Phi) is 4.22. The van der Waals surface area contributed by atoms with Gasteiger partial charge in [0, 0.05) is 22.3 Å². The van der Waals surface area contributed by atoms with Crippen LogP contribution in [0.1, 0.15) is 21.5 Å². The number of carbonyl (C=O) groups excluding carboxylic acids is 1. The van der Waals surface area contributed by atoms with Gasteiger partial charge in [-0.2, -0.15) is 0 Å². The number of hydrogen-bond acceptors (Lipinski definition) is 2. The number of primary amides is 1. The molecule has 0 aliphatic rings. The van der Waals surface area contributed by atoms with Gasteiger partial charge >= 0.3 is 0 Å². The second-order valence-electron chi connectivity index (χ2n) is 4.35. The van der Waals surface area contributed by atoms with E-state index in [1.807, 2.05) is 24.3 Å². The molecule has 2 aromatic carbocycles. The maximum atomic E-state index is 11.0. The molecule has 0 fully saturated rings. The highest BCUT2D eigenvalue weighted by molar-refractivity contribution is 9.10. The van der Waals surface area contributed by atoms with Crippen LogP contribution in [0.15, 0.2) is 46.9 Å². The fourth-order valence-electron chi connectivity index (χ4n) is 1.77. The molecule has 3 N–H and O–H groups in total. The SMILES string of the molecule is Cc1cccc(NCc2ccc(C(N)=O)cc2)c1Br. The summed E-state index contributed by atoms with van der Waals surface area (Å²) in [7, 11) is 0. The van der Waals surface area contributed by atoms with Crippen LogP contribution < -0.4 is 11.1 Å². The summed E-state index contributed by atoms with van der Waals surface area (Å²) < 4.78 is 1.07. The first-order valence-electron chi connectivity index (χ1n) is 5.95. The van der Waals surface area contributed by atoms with Crippen molar-refractivity contribution in [1.29, 1.82) is 0 Å². The number of amides is 1. The smallest absolute Gasteiger partial charge is 0.248 e. The summed E-state index contributed by atoms with van der Waals surface area (Å²) in [5, 5.41) is 3.36. The van der Waals surface area contributed by atoms with Gasteiger partial charge in [-0.3, -0.25) is 4.79 Å². The van der Waals surface area contributed by atoms with Crippen molar-refractivity contribution in [3.8, 4) is 0 Å². The zero-order valence-electron chi connectivity index (χ0n) is 10.6. The van der Waals surface area contributed by atoms with E-state index in [4.69, 9.17) is 5.73 Å². The molecule has 0 spiro atoms. The molecule has 0 unspecified atom stereocenters. The van der Waals surface area contributed by atoms with Crippen LogP contribution in [0.25, 0.3) is 0 Å². The Hall–Kier alpha value is -1.81. The lowest BCUT2D eigenvalue weighted by molar-refractivity contribution is 0.100. The highest BCUT2D eigenvalue weighted by Gasteiger charge is 2.03. The largest absolute Gasteiger partial charge is 0.380 e. The average molecular weight is 319 g/mol. The molecule has 0 heterocycles. The lowest BCUT2D eigenvalue weighted by atomic mass is 10.1. The fourth-order valence-corrected chi connectivity index (χ4v) is 2.17. The number of benzene rings is 2. The highest BCUT2D eigenvalue weighted by atomic mass is 79.9. The molecular formula is C15H15BrN2O. The van der Waals surface area contributed by atoms with Crippen LogP contribution in [0.4, 0.5) is 5.69 Å². The van der Waals surface area contributed by atoms with Gasteiger partial charge in [0.05, 0.1) is 0 Å². The lowest BCUT2D eigenvalue weighted by Gasteiger charge is -2.10. The third-order valence-electron chi connectivity index (χ3n) is 2.91. The molecule has 4 heteroatoms. The Labute approximate surface area is 121 Å². The highest BCUT2D eigenvalue weighted by Crippen LogP contribution is 2.26. The second kappa shape index (κ2) is 5.89. The van der Waals surface area contributed by atoms with Gasteiger partial charge in [0.15, 0.2) is 0 Å². The van der Waals surface area contributed by atoms with Crippen molar-refractivity contribution in [1.82, 2.24) is 0 Å². The summed E-state index contributed by atoms with van der Waals surface area (Å²) in [5.41, 5.74) is 9.07. The number of anilines is 1. The molecule has 0 aliphatic carbocycles. The number of hydrogen-bond donors (Lipinski definition) is 2. The quantitative estimate of drug-likeness (QED) is 0.906. The van der Waals surface area contributed by atoms with Gasteiger partial charge < -0.3 is 11.1 Å². The maximum absolute atomic E-state index is 11.0. The van der Waals surface area contributed by atoms with Crippen molar-refractivity contribution in [2.75, 3.05) is 5.32 Å². The molecule has 0 atom stereocenters.